The lowest BCUT2D eigenvalue weighted by atomic mass is 9.96. The van der Waals surface area contributed by atoms with Crippen LogP contribution in [-0.2, 0) is 0 Å². The summed E-state index contributed by atoms with van der Waals surface area (Å²) in [7, 11) is 1.99. The van der Waals surface area contributed by atoms with Gasteiger partial charge >= 0.3 is 0 Å². The molecule has 5 heteroatoms. The Morgan fingerprint density at radius 1 is 1.20 bits per heavy atom. The molecule has 2 nitrogen and oxygen atoms in total. The van der Waals surface area contributed by atoms with Crippen molar-refractivity contribution in [3.05, 3.63) is 61.4 Å². The minimum Gasteiger partial charge on any atom is -0.309 e. The Morgan fingerprint density at radius 2 is 2.05 bits per heavy atom. The smallest absolute Gasteiger partial charge is 0.0761 e. The van der Waals surface area contributed by atoms with E-state index in [0.717, 1.165) is 13.0 Å². The van der Waals surface area contributed by atoms with E-state index < -0.39 is 0 Å². The van der Waals surface area contributed by atoms with Gasteiger partial charge in [-0.1, -0.05) is 18.2 Å². The molecule has 0 aliphatic carbocycles. The number of benzene rings is 1. The van der Waals surface area contributed by atoms with Gasteiger partial charge in [0.25, 0.3) is 0 Å². The van der Waals surface area contributed by atoms with Crippen LogP contribution in [0.1, 0.15) is 17.2 Å². The maximum atomic E-state index is 4.20. The van der Waals surface area contributed by atoms with Crippen LogP contribution in [-0.4, -0.2) is 12.0 Å². The van der Waals surface area contributed by atoms with Crippen LogP contribution in [0.5, 0.6) is 0 Å². The van der Waals surface area contributed by atoms with Crippen molar-refractivity contribution < 1.29 is 0 Å². The van der Waals surface area contributed by atoms with Crippen LogP contribution in [0, 0.1) is 0 Å². The van der Waals surface area contributed by atoms with Crippen LogP contribution in [0.2, 0.25) is 0 Å². The van der Waals surface area contributed by atoms with Crippen LogP contribution in [0.3, 0.4) is 0 Å². The number of thiophene rings is 1. The first-order chi connectivity index (χ1) is 9.70. The monoisotopic (exact) mass is 410 g/mol. The molecular formula is C15H12Br2N2S. The summed E-state index contributed by atoms with van der Waals surface area (Å²) in [5, 5.41) is 5.81. The molecule has 1 unspecified atom stereocenters. The van der Waals surface area contributed by atoms with Gasteiger partial charge in [0.15, 0.2) is 0 Å². The van der Waals surface area contributed by atoms with Gasteiger partial charge in [0.1, 0.15) is 0 Å². The molecule has 3 aromatic rings. The lowest BCUT2D eigenvalue weighted by Crippen LogP contribution is -2.17. The number of nitrogens with one attached hydrogen (secondary N) is 1. The molecule has 1 atom stereocenters. The van der Waals surface area contributed by atoms with Gasteiger partial charge in [-0.3, -0.25) is 4.98 Å². The van der Waals surface area contributed by atoms with Gasteiger partial charge in [-0.15, -0.1) is 11.3 Å². The SMILES string of the molecule is CNC(c1cc(Br)sc1Br)c1cccc2cnccc12. The zero-order valence-electron chi connectivity index (χ0n) is 10.7. The molecule has 0 aliphatic heterocycles. The van der Waals surface area contributed by atoms with E-state index in [1.165, 1.54) is 16.5 Å². The lowest BCUT2D eigenvalue weighted by Gasteiger charge is -2.18. The van der Waals surface area contributed by atoms with E-state index in [1.807, 2.05) is 19.4 Å². The summed E-state index contributed by atoms with van der Waals surface area (Å²) in [6.07, 6.45) is 3.75. The van der Waals surface area contributed by atoms with E-state index in [1.54, 1.807) is 11.3 Å². The Morgan fingerprint density at radius 3 is 2.75 bits per heavy atom. The summed E-state index contributed by atoms with van der Waals surface area (Å²) in [6, 6.07) is 10.7. The van der Waals surface area contributed by atoms with Crippen molar-refractivity contribution in [1.29, 1.82) is 0 Å². The maximum Gasteiger partial charge on any atom is 0.0761 e. The van der Waals surface area contributed by atoms with E-state index in [0.29, 0.717) is 0 Å². The number of pyridine rings is 1. The third-order valence-corrected chi connectivity index (χ3v) is 5.69. The fourth-order valence-corrected chi connectivity index (χ4v) is 5.33. The second kappa shape index (κ2) is 5.93. The normalized spacial score (nSPS) is 12.8. The van der Waals surface area contributed by atoms with E-state index in [9.17, 15) is 0 Å². The van der Waals surface area contributed by atoms with E-state index in [2.05, 4.69) is 72.5 Å². The zero-order chi connectivity index (χ0) is 14.1. The van der Waals surface area contributed by atoms with Gasteiger partial charge in [0.05, 0.1) is 13.6 Å². The number of aromatic nitrogens is 1. The minimum absolute atomic E-state index is 0.151. The second-order valence-corrected chi connectivity index (χ2v) is 8.19. The summed E-state index contributed by atoms with van der Waals surface area (Å²) in [5.74, 6) is 0. The van der Waals surface area contributed by atoms with Crippen LogP contribution in [0.4, 0.5) is 0 Å². The summed E-state index contributed by atoms with van der Waals surface area (Å²) in [4.78, 5) is 4.20. The Bertz CT molecular complexity index is 749. The molecule has 2 aromatic heterocycles. The van der Waals surface area contributed by atoms with Crippen LogP contribution >= 0.6 is 43.2 Å². The first kappa shape index (κ1) is 14.2. The predicted molar refractivity (Wildman–Crippen MR) is 92.4 cm³/mol. The van der Waals surface area contributed by atoms with E-state index in [-0.39, 0.29) is 6.04 Å². The Kier molecular flexibility index (Phi) is 4.21. The molecule has 0 saturated heterocycles. The molecule has 0 spiro atoms. The molecule has 102 valence electrons. The third-order valence-electron chi connectivity index (χ3n) is 3.31. The first-order valence-corrected chi connectivity index (χ1v) is 8.55. The number of nitrogens with zero attached hydrogens (tertiary/aromatic N) is 1. The lowest BCUT2D eigenvalue weighted by molar-refractivity contribution is 0.697. The van der Waals surface area contributed by atoms with E-state index >= 15 is 0 Å². The fraction of sp³-hybridized carbons (Fsp3) is 0.133. The minimum atomic E-state index is 0.151. The molecule has 1 N–H and O–H groups in total. The maximum absolute atomic E-state index is 4.20. The molecule has 0 saturated carbocycles. The van der Waals surface area contributed by atoms with Gasteiger partial charge in [-0.05, 0) is 67.6 Å². The quantitative estimate of drug-likeness (QED) is 0.646. The van der Waals surface area contributed by atoms with Gasteiger partial charge in [0, 0.05) is 17.8 Å². The first-order valence-electron chi connectivity index (χ1n) is 6.15. The van der Waals surface area contributed by atoms with Gasteiger partial charge < -0.3 is 5.32 Å². The molecule has 3 rings (SSSR count). The van der Waals surface area contributed by atoms with Crippen molar-refractivity contribution in [2.45, 2.75) is 6.04 Å². The molecule has 0 aliphatic rings. The Labute approximate surface area is 138 Å². The number of halogens is 2. The zero-order valence-corrected chi connectivity index (χ0v) is 14.7. The van der Waals surface area contributed by atoms with Crippen LogP contribution in [0.25, 0.3) is 10.8 Å². The largest absolute Gasteiger partial charge is 0.309 e. The molecule has 0 bridgehead atoms. The van der Waals surface area contributed by atoms with Gasteiger partial charge in [0.2, 0.25) is 0 Å². The van der Waals surface area contributed by atoms with Crippen molar-refractivity contribution in [3.63, 3.8) is 0 Å². The molecule has 0 amide bonds. The van der Waals surface area contributed by atoms with Gasteiger partial charge in [-0.25, -0.2) is 0 Å². The standard InChI is InChI=1S/C15H12Br2N2S/c1-18-14(12-7-13(16)20-15(12)17)11-4-2-3-9-8-19-6-5-10(9)11/h2-8,14,18H,1H3. The molecule has 1 aromatic carbocycles. The van der Waals surface area contributed by atoms with Crippen LogP contribution < -0.4 is 5.32 Å². The highest BCUT2D eigenvalue weighted by molar-refractivity contribution is 9.12. The number of fused-ring (bicyclic) bond motifs is 1. The Hall–Kier alpha value is -0.750. The highest BCUT2D eigenvalue weighted by atomic mass is 79.9. The molecule has 0 radical (unpaired) electrons. The highest BCUT2D eigenvalue weighted by Crippen LogP contribution is 2.39. The average molecular weight is 412 g/mol. The number of hydrogen-bond acceptors (Lipinski definition) is 3. The summed E-state index contributed by atoms with van der Waals surface area (Å²) < 4.78 is 2.27. The fourth-order valence-electron chi connectivity index (χ4n) is 2.43. The van der Waals surface area contributed by atoms with Crippen molar-refractivity contribution in [1.82, 2.24) is 10.3 Å². The molecule has 20 heavy (non-hydrogen) atoms. The van der Waals surface area contributed by atoms with Crippen molar-refractivity contribution >= 4 is 54.0 Å². The van der Waals surface area contributed by atoms with Crippen molar-refractivity contribution in [3.8, 4) is 0 Å². The molecular weight excluding hydrogens is 400 g/mol. The predicted octanol–water partition coefficient (Wildman–Crippen LogP) is 5.13. The number of hydrogen-bond donors (Lipinski definition) is 1. The average Bonchev–Trinajstić information content (AvgIpc) is 2.79. The van der Waals surface area contributed by atoms with Crippen molar-refractivity contribution in [2.24, 2.45) is 0 Å². The third kappa shape index (κ3) is 2.55. The summed E-state index contributed by atoms with van der Waals surface area (Å²) >= 11 is 8.90. The summed E-state index contributed by atoms with van der Waals surface area (Å²) in [5.41, 5.74) is 2.51. The Balaban J connectivity index is 2.19. The number of rotatable bonds is 3. The highest BCUT2D eigenvalue weighted by Gasteiger charge is 2.19. The molecule has 2 heterocycles. The molecule has 0 fully saturated rings. The van der Waals surface area contributed by atoms with Gasteiger partial charge in [-0.2, -0.15) is 0 Å². The van der Waals surface area contributed by atoms with E-state index in [4.69, 9.17) is 0 Å². The van der Waals surface area contributed by atoms with Crippen molar-refractivity contribution in [2.75, 3.05) is 7.05 Å². The summed E-state index contributed by atoms with van der Waals surface area (Å²) in [6.45, 7) is 0. The van der Waals surface area contributed by atoms with Crippen LogP contribution in [0.15, 0.2) is 50.3 Å². The topological polar surface area (TPSA) is 24.9 Å². The second-order valence-electron chi connectivity index (χ2n) is 4.45.